The molecule has 0 radical (unpaired) electrons. The van der Waals surface area contributed by atoms with Crippen molar-refractivity contribution in [1.82, 2.24) is 19.5 Å². The quantitative estimate of drug-likeness (QED) is 0.122. The highest BCUT2D eigenvalue weighted by Crippen LogP contribution is 2.52. The van der Waals surface area contributed by atoms with Gasteiger partial charge in [0.05, 0.1) is 16.7 Å². The fourth-order valence-corrected chi connectivity index (χ4v) is 12.2. The Morgan fingerprint density at radius 2 is 0.400 bits per heavy atom. The van der Waals surface area contributed by atoms with E-state index in [4.69, 9.17) is 15.0 Å². The lowest BCUT2D eigenvalue weighted by Crippen LogP contribution is -2.05. The van der Waals surface area contributed by atoms with Crippen molar-refractivity contribution in [3.05, 3.63) is 328 Å². The summed E-state index contributed by atoms with van der Waals surface area (Å²) < 4.78 is 2.62. The van der Waals surface area contributed by atoms with Gasteiger partial charge in [-0.1, -0.05) is 315 Å². The second-order valence-electron chi connectivity index (χ2n) is 21.4. The number of hydrogen-bond donors (Lipinski definition) is 0. The molecule has 0 atom stereocenters. The molecule has 2 aromatic heterocycles. The highest BCUT2D eigenvalue weighted by atomic mass is 15.0. The SMILES string of the molecule is c1ccc(-c2ccc(-c3nc(-c4ccc(-c5ccccc5)cc4)nc(-c4cc(-c5ccccc5)c(-n5c6c(-c7ccccc7)ccc(-c7ccccc7)c6c6c(-c7ccccc7)ccc(-c7ccccc7)c65)c(-c5ccccc5)c4)n3)cc2)cc1. The van der Waals surface area contributed by atoms with E-state index in [2.05, 4.69) is 320 Å². The molecule has 0 fully saturated rings. The Labute approximate surface area is 495 Å². The average Bonchev–Trinajstić information content (AvgIpc) is 1.65. The van der Waals surface area contributed by atoms with E-state index in [1.165, 1.54) is 10.8 Å². The van der Waals surface area contributed by atoms with Crippen molar-refractivity contribution >= 4 is 21.8 Å². The Kier molecular flexibility index (Phi) is 13.2. The maximum Gasteiger partial charge on any atom is 0.164 e. The number of nitrogens with zero attached hydrogens (tertiary/aromatic N) is 4. The molecule has 0 amide bonds. The third-order valence-corrected chi connectivity index (χ3v) is 16.3. The van der Waals surface area contributed by atoms with Gasteiger partial charge in [-0.2, -0.15) is 0 Å². The zero-order chi connectivity index (χ0) is 56.5. The molecule has 0 unspecified atom stereocenters. The molecule has 13 aromatic carbocycles. The van der Waals surface area contributed by atoms with Crippen LogP contribution in [0.15, 0.2) is 328 Å². The van der Waals surface area contributed by atoms with Crippen molar-refractivity contribution in [3.63, 3.8) is 0 Å². The van der Waals surface area contributed by atoms with Crippen molar-refractivity contribution in [2.45, 2.75) is 0 Å². The first-order chi connectivity index (χ1) is 42.2. The maximum atomic E-state index is 5.50. The van der Waals surface area contributed by atoms with E-state index < -0.39 is 0 Å². The lowest BCUT2D eigenvalue weighted by Gasteiger charge is -2.23. The first kappa shape index (κ1) is 50.6. The Hall–Kier alpha value is -11.3. The van der Waals surface area contributed by atoms with Gasteiger partial charge in [-0.3, -0.25) is 0 Å². The van der Waals surface area contributed by atoms with Crippen molar-refractivity contribution in [2.24, 2.45) is 0 Å². The molecule has 0 saturated heterocycles. The second-order valence-corrected chi connectivity index (χ2v) is 21.4. The summed E-state index contributed by atoms with van der Waals surface area (Å²) in [5.41, 5.74) is 23.6. The number of fused-ring (bicyclic) bond motifs is 3. The van der Waals surface area contributed by atoms with Gasteiger partial charge in [0.1, 0.15) is 0 Å². The van der Waals surface area contributed by atoms with Crippen LogP contribution in [0.5, 0.6) is 0 Å². The molecule has 0 aliphatic carbocycles. The Morgan fingerprint density at radius 1 is 0.176 bits per heavy atom. The topological polar surface area (TPSA) is 43.6 Å². The van der Waals surface area contributed by atoms with Gasteiger partial charge in [0.15, 0.2) is 17.5 Å². The van der Waals surface area contributed by atoms with Gasteiger partial charge in [-0.25, -0.2) is 15.0 Å². The molecule has 0 N–H and O–H groups in total. The predicted molar refractivity (Wildman–Crippen MR) is 354 cm³/mol. The van der Waals surface area contributed by atoms with Crippen LogP contribution in [0.2, 0.25) is 0 Å². The van der Waals surface area contributed by atoms with Crippen LogP contribution in [0.1, 0.15) is 0 Å². The van der Waals surface area contributed by atoms with E-state index >= 15 is 0 Å². The van der Waals surface area contributed by atoms with Crippen LogP contribution in [-0.2, 0) is 0 Å². The van der Waals surface area contributed by atoms with Gasteiger partial charge in [0.2, 0.25) is 0 Å². The highest BCUT2D eigenvalue weighted by molar-refractivity contribution is 6.26. The van der Waals surface area contributed by atoms with Gasteiger partial charge >= 0.3 is 0 Å². The summed E-state index contributed by atoms with van der Waals surface area (Å²) in [6.45, 7) is 0. The van der Waals surface area contributed by atoms with E-state index in [-0.39, 0.29) is 0 Å². The first-order valence-electron chi connectivity index (χ1n) is 28.9. The predicted octanol–water partition coefficient (Wildman–Crippen LogP) is 21.3. The molecule has 15 rings (SSSR count). The van der Waals surface area contributed by atoms with E-state index in [1.807, 2.05) is 12.1 Å². The van der Waals surface area contributed by atoms with Crippen LogP contribution in [-0.4, -0.2) is 19.5 Å². The lowest BCUT2D eigenvalue weighted by molar-refractivity contribution is 1.07. The second kappa shape index (κ2) is 22.2. The Balaban J connectivity index is 1.08. The van der Waals surface area contributed by atoms with E-state index in [1.54, 1.807) is 0 Å². The van der Waals surface area contributed by atoms with Crippen molar-refractivity contribution < 1.29 is 0 Å². The minimum atomic E-state index is 0.565. The lowest BCUT2D eigenvalue weighted by atomic mass is 9.90. The summed E-state index contributed by atoms with van der Waals surface area (Å²) in [5.74, 6) is 1.74. The number of rotatable bonds is 12. The van der Waals surface area contributed by atoms with Crippen LogP contribution in [0, 0.1) is 0 Å². The largest absolute Gasteiger partial charge is 0.307 e. The van der Waals surface area contributed by atoms with Crippen molar-refractivity contribution in [1.29, 1.82) is 0 Å². The van der Waals surface area contributed by atoms with E-state index in [0.29, 0.717) is 17.5 Å². The van der Waals surface area contributed by atoms with Crippen molar-refractivity contribution in [3.8, 4) is 129 Å². The van der Waals surface area contributed by atoms with E-state index in [9.17, 15) is 0 Å². The number of aromatic nitrogens is 4. The zero-order valence-electron chi connectivity index (χ0n) is 46.5. The van der Waals surface area contributed by atoms with Gasteiger partial charge in [-0.15, -0.1) is 0 Å². The molecular weight excluding hydrogens is 1030 g/mol. The number of hydrogen-bond acceptors (Lipinski definition) is 3. The summed E-state index contributed by atoms with van der Waals surface area (Å²) in [6, 6.07) is 117. The fraction of sp³-hybridized carbons (Fsp3) is 0. The smallest absolute Gasteiger partial charge is 0.164 e. The van der Waals surface area contributed by atoms with Gasteiger partial charge in [-0.05, 0) is 78.9 Å². The molecule has 15 aromatic rings. The van der Waals surface area contributed by atoms with Crippen LogP contribution < -0.4 is 0 Å². The monoisotopic (exact) mass is 1080 g/mol. The molecule has 0 aliphatic rings. The number of benzene rings is 13. The van der Waals surface area contributed by atoms with Gasteiger partial charge < -0.3 is 4.57 Å². The molecule has 85 heavy (non-hydrogen) atoms. The van der Waals surface area contributed by atoms with E-state index in [0.717, 1.165) is 122 Å². The molecule has 0 saturated carbocycles. The molecule has 398 valence electrons. The molecule has 0 spiro atoms. The van der Waals surface area contributed by atoms with Crippen LogP contribution in [0.4, 0.5) is 0 Å². The third kappa shape index (κ3) is 9.58. The van der Waals surface area contributed by atoms with Gasteiger partial charge in [0, 0.05) is 49.7 Å². The summed E-state index contributed by atoms with van der Waals surface area (Å²) in [5, 5.41) is 2.34. The highest BCUT2D eigenvalue weighted by Gasteiger charge is 2.29. The summed E-state index contributed by atoms with van der Waals surface area (Å²) in [4.78, 5) is 16.3. The average molecular weight is 1080 g/mol. The molecule has 4 heteroatoms. The van der Waals surface area contributed by atoms with Crippen LogP contribution in [0.25, 0.3) is 151 Å². The summed E-state index contributed by atoms with van der Waals surface area (Å²) >= 11 is 0. The zero-order valence-corrected chi connectivity index (χ0v) is 46.5. The summed E-state index contributed by atoms with van der Waals surface area (Å²) in [7, 11) is 0. The van der Waals surface area contributed by atoms with Crippen LogP contribution >= 0.6 is 0 Å². The molecule has 0 bridgehead atoms. The molecule has 0 aliphatic heterocycles. The normalized spacial score (nSPS) is 11.3. The van der Waals surface area contributed by atoms with Crippen LogP contribution in [0.3, 0.4) is 0 Å². The Bertz CT molecular complexity index is 4540. The van der Waals surface area contributed by atoms with Gasteiger partial charge in [0.25, 0.3) is 0 Å². The summed E-state index contributed by atoms with van der Waals surface area (Å²) in [6.07, 6.45) is 0. The molecular formula is C81H54N4. The first-order valence-corrected chi connectivity index (χ1v) is 28.9. The minimum absolute atomic E-state index is 0.565. The maximum absolute atomic E-state index is 5.50. The third-order valence-electron chi connectivity index (χ3n) is 16.3. The van der Waals surface area contributed by atoms with Crippen molar-refractivity contribution in [2.75, 3.05) is 0 Å². The minimum Gasteiger partial charge on any atom is -0.307 e. The molecule has 2 heterocycles. The fourth-order valence-electron chi connectivity index (χ4n) is 12.2. The standard InChI is InChI=1S/C81H54N4/c1-9-25-55(26-10-1)57-41-45-65(46-42-57)79-82-80(66-47-43-58(44-48-66)56-27-11-2-12-28-56)84-81(83-79)67-53-72(63-37-21-7-22-38-63)76(73(54-67)64-39-23-8-24-40-64)85-77-70(61-33-17-5-18-34-61)51-49-68(59-29-13-3-14-30-59)74(77)75-69(60-31-15-4-16-32-60)50-52-71(78(75)85)62-35-19-6-20-36-62/h1-54H. The molecule has 4 nitrogen and oxygen atoms in total. The Morgan fingerprint density at radius 3 is 0.706 bits per heavy atom.